The number of aryl methyl sites for hydroxylation is 1. The van der Waals surface area contributed by atoms with E-state index in [9.17, 15) is 0 Å². The Kier molecular flexibility index (Phi) is 2.97. The van der Waals surface area contributed by atoms with Crippen molar-refractivity contribution in [3.8, 4) is 0 Å². The van der Waals surface area contributed by atoms with Crippen LogP contribution in [0.4, 0.5) is 5.69 Å². The number of thiazole rings is 1. The number of imidazole rings is 1. The molecule has 0 atom stereocenters. The molecule has 2 heterocycles. The SMILES string of the molecule is Cc1nc2sccn2c1CNc1ccccc1Cl. The van der Waals surface area contributed by atoms with Crippen LogP contribution in [0.25, 0.3) is 4.96 Å². The molecule has 0 saturated heterocycles. The standard InChI is InChI=1S/C13H12ClN3S/c1-9-12(17-6-7-18-13(17)16-9)8-15-11-5-3-2-4-10(11)14/h2-7,15H,8H2,1H3. The maximum atomic E-state index is 6.12. The lowest BCUT2D eigenvalue weighted by molar-refractivity contribution is 0.995. The van der Waals surface area contributed by atoms with Crippen molar-refractivity contribution >= 4 is 33.6 Å². The molecule has 0 aliphatic rings. The zero-order chi connectivity index (χ0) is 12.5. The lowest BCUT2D eigenvalue weighted by Crippen LogP contribution is -2.03. The zero-order valence-corrected chi connectivity index (χ0v) is 11.4. The highest BCUT2D eigenvalue weighted by molar-refractivity contribution is 7.15. The summed E-state index contributed by atoms with van der Waals surface area (Å²) < 4.78 is 2.11. The summed E-state index contributed by atoms with van der Waals surface area (Å²) in [7, 11) is 0. The maximum absolute atomic E-state index is 6.12. The van der Waals surface area contributed by atoms with E-state index >= 15 is 0 Å². The molecule has 1 aromatic carbocycles. The summed E-state index contributed by atoms with van der Waals surface area (Å²) in [5.41, 5.74) is 3.18. The van der Waals surface area contributed by atoms with E-state index < -0.39 is 0 Å². The summed E-state index contributed by atoms with van der Waals surface area (Å²) >= 11 is 7.76. The highest BCUT2D eigenvalue weighted by Gasteiger charge is 2.09. The number of nitrogens with one attached hydrogen (secondary N) is 1. The van der Waals surface area contributed by atoms with Crippen LogP contribution in [0.3, 0.4) is 0 Å². The number of anilines is 1. The smallest absolute Gasteiger partial charge is 0.194 e. The molecule has 0 bridgehead atoms. The average molecular weight is 278 g/mol. The Morgan fingerprint density at radius 3 is 3.06 bits per heavy atom. The van der Waals surface area contributed by atoms with Crippen LogP contribution in [0.1, 0.15) is 11.4 Å². The summed E-state index contributed by atoms with van der Waals surface area (Å²) in [6.07, 6.45) is 2.05. The second-order valence-corrected chi connectivity index (χ2v) is 5.31. The van der Waals surface area contributed by atoms with E-state index in [1.54, 1.807) is 11.3 Å². The highest BCUT2D eigenvalue weighted by Crippen LogP contribution is 2.22. The van der Waals surface area contributed by atoms with Gasteiger partial charge in [-0.15, -0.1) is 11.3 Å². The van der Waals surface area contributed by atoms with Crippen molar-refractivity contribution < 1.29 is 0 Å². The fraction of sp³-hybridized carbons (Fsp3) is 0.154. The second-order valence-electron chi connectivity index (χ2n) is 4.03. The van der Waals surface area contributed by atoms with Crippen molar-refractivity contribution in [2.24, 2.45) is 0 Å². The van der Waals surface area contributed by atoms with E-state index in [2.05, 4.69) is 14.7 Å². The average Bonchev–Trinajstić information content (AvgIpc) is 2.90. The van der Waals surface area contributed by atoms with Crippen molar-refractivity contribution in [3.63, 3.8) is 0 Å². The quantitative estimate of drug-likeness (QED) is 0.785. The van der Waals surface area contributed by atoms with Gasteiger partial charge in [0.1, 0.15) is 0 Å². The summed E-state index contributed by atoms with van der Waals surface area (Å²) in [5.74, 6) is 0. The van der Waals surface area contributed by atoms with Crippen LogP contribution in [0.2, 0.25) is 5.02 Å². The summed E-state index contributed by atoms with van der Waals surface area (Å²) in [6, 6.07) is 7.75. The Morgan fingerprint density at radius 1 is 1.39 bits per heavy atom. The number of hydrogen-bond acceptors (Lipinski definition) is 3. The van der Waals surface area contributed by atoms with Crippen molar-refractivity contribution in [1.82, 2.24) is 9.38 Å². The number of halogens is 1. The molecule has 1 N–H and O–H groups in total. The van der Waals surface area contributed by atoms with E-state index in [-0.39, 0.29) is 0 Å². The van der Waals surface area contributed by atoms with Gasteiger partial charge in [-0.1, -0.05) is 23.7 Å². The van der Waals surface area contributed by atoms with Crippen LogP contribution < -0.4 is 5.32 Å². The minimum Gasteiger partial charge on any atom is -0.378 e. The number of para-hydroxylation sites is 1. The maximum Gasteiger partial charge on any atom is 0.194 e. The fourth-order valence-electron chi connectivity index (χ4n) is 1.94. The summed E-state index contributed by atoms with van der Waals surface area (Å²) in [4.78, 5) is 5.55. The Labute approximate surface area is 114 Å². The Morgan fingerprint density at radius 2 is 2.22 bits per heavy atom. The predicted molar refractivity (Wildman–Crippen MR) is 76.6 cm³/mol. The van der Waals surface area contributed by atoms with Crippen LogP contribution in [-0.4, -0.2) is 9.38 Å². The van der Waals surface area contributed by atoms with Crippen LogP contribution in [0.5, 0.6) is 0 Å². The molecular formula is C13H12ClN3S. The van der Waals surface area contributed by atoms with Crippen molar-refractivity contribution in [3.05, 3.63) is 52.3 Å². The lowest BCUT2D eigenvalue weighted by atomic mass is 10.3. The van der Waals surface area contributed by atoms with Gasteiger partial charge in [-0.25, -0.2) is 4.98 Å². The molecule has 0 spiro atoms. The molecule has 5 heteroatoms. The summed E-state index contributed by atoms with van der Waals surface area (Å²) in [6.45, 7) is 2.75. The predicted octanol–water partition coefficient (Wildman–Crippen LogP) is 3.97. The van der Waals surface area contributed by atoms with Gasteiger partial charge >= 0.3 is 0 Å². The molecule has 0 saturated carbocycles. The molecule has 0 unspecified atom stereocenters. The number of nitrogens with zero attached hydrogens (tertiary/aromatic N) is 2. The van der Waals surface area contributed by atoms with Gasteiger partial charge in [0.2, 0.25) is 0 Å². The third kappa shape index (κ3) is 1.98. The van der Waals surface area contributed by atoms with Gasteiger partial charge < -0.3 is 5.32 Å². The fourth-order valence-corrected chi connectivity index (χ4v) is 2.92. The molecule has 3 nitrogen and oxygen atoms in total. The number of rotatable bonds is 3. The van der Waals surface area contributed by atoms with Gasteiger partial charge in [0.25, 0.3) is 0 Å². The highest BCUT2D eigenvalue weighted by atomic mass is 35.5. The van der Waals surface area contributed by atoms with E-state index in [4.69, 9.17) is 11.6 Å². The van der Waals surface area contributed by atoms with E-state index in [0.717, 1.165) is 21.4 Å². The van der Waals surface area contributed by atoms with Crippen LogP contribution >= 0.6 is 22.9 Å². The van der Waals surface area contributed by atoms with Gasteiger partial charge in [0, 0.05) is 11.6 Å². The largest absolute Gasteiger partial charge is 0.378 e. The Balaban J connectivity index is 1.87. The van der Waals surface area contributed by atoms with Gasteiger partial charge in [-0.3, -0.25) is 4.40 Å². The monoisotopic (exact) mass is 277 g/mol. The molecule has 0 radical (unpaired) electrons. The Bertz CT molecular complexity index is 686. The van der Waals surface area contributed by atoms with E-state index in [1.807, 2.05) is 42.8 Å². The summed E-state index contributed by atoms with van der Waals surface area (Å²) in [5, 5.41) is 6.13. The van der Waals surface area contributed by atoms with Gasteiger partial charge in [0.05, 0.1) is 28.6 Å². The van der Waals surface area contributed by atoms with Crippen LogP contribution in [-0.2, 0) is 6.54 Å². The third-order valence-electron chi connectivity index (χ3n) is 2.88. The molecule has 3 aromatic rings. The van der Waals surface area contributed by atoms with Gasteiger partial charge in [-0.2, -0.15) is 0 Å². The number of fused-ring (bicyclic) bond motifs is 1. The second kappa shape index (κ2) is 4.63. The van der Waals surface area contributed by atoms with Crippen LogP contribution in [0.15, 0.2) is 35.8 Å². The molecule has 18 heavy (non-hydrogen) atoms. The molecule has 0 aliphatic carbocycles. The minimum atomic E-state index is 0.716. The van der Waals surface area contributed by atoms with Crippen LogP contribution in [0, 0.1) is 6.92 Å². The van der Waals surface area contributed by atoms with Crippen molar-refractivity contribution in [1.29, 1.82) is 0 Å². The van der Waals surface area contributed by atoms with E-state index in [0.29, 0.717) is 6.54 Å². The molecule has 3 rings (SSSR count). The van der Waals surface area contributed by atoms with Gasteiger partial charge in [-0.05, 0) is 19.1 Å². The number of benzene rings is 1. The number of aromatic nitrogens is 2. The molecular weight excluding hydrogens is 266 g/mol. The van der Waals surface area contributed by atoms with E-state index in [1.165, 1.54) is 5.69 Å². The zero-order valence-electron chi connectivity index (χ0n) is 9.85. The number of hydrogen-bond donors (Lipinski definition) is 1. The lowest BCUT2D eigenvalue weighted by Gasteiger charge is -2.08. The normalized spacial score (nSPS) is 11.0. The first kappa shape index (κ1) is 11.6. The molecule has 92 valence electrons. The van der Waals surface area contributed by atoms with Crippen molar-refractivity contribution in [2.45, 2.75) is 13.5 Å². The molecule has 0 aliphatic heterocycles. The molecule has 0 amide bonds. The molecule has 0 fully saturated rings. The minimum absolute atomic E-state index is 0.716. The topological polar surface area (TPSA) is 29.3 Å². The first-order chi connectivity index (χ1) is 8.75. The Hall–Kier alpha value is -1.52. The van der Waals surface area contributed by atoms with Crippen molar-refractivity contribution in [2.75, 3.05) is 5.32 Å². The first-order valence-electron chi connectivity index (χ1n) is 5.65. The third-order valence-corrected chi connectivity index (χ3v) is 3.97. The molecule has 2 aromatic heterocycles. The van der Waals surface area contributed by atoms with Gasteiger partial charge in [0.15, 0.2) is 4.96 Å². The first-order valence-corrected chi connectivity index (χ1v) is 6.91.